The Morgan fingerprint density at radius 1 is 1.00 bits per heavy atom. The summed E-state index contributed by atoms with van der Waals surface area (Å²) in [5, 5.41) is 0.382. The van der Waals surface area contributed by atoms with Gasteiger partial charge >= 0.3 is 0 Å². The molecule has 1 atom stereocenters. The van der Waals surface area contributed by atoms with E-state index in [0.717, 1.165) is 0 Å². The van der Waals surface area contributed by atoms with Gasteiger partial charge in [0, 0.05) is 15.6 Å². The standard InChI is InChI=1S/C13H7Br2ClF2/c14-9-6-12(18)8(5-10(9)16)13(15)7-3-1-2-4-11(7)17/h1-6,13H. The van der Waals surface area contributed by atoms with Gasteiger partial charge in [-0.05, 0) is 34.1 Å². The van der Waals surface area contributed by atoms with E-state index in [1.54, 1.807) is 18.2 Å². The van der Waals surface area contributed by atoms with Gasteiger partial charge in [-0.2, -0.15) is 0 Å². The minimum absolute atomic E-state index is 0.299. The lowest BCUT2D eigenvalue weighted by Crippen LogP contribution is -1.99. The van der Waals surface area contributed by atoms with Crippen LogP contribution in [0.4, 0.5) is 8.78 Å². The van der Waals surface area contributed by atoms with E-state index in [-0.39, 0.29) is 0 Å². The molecule has 0 N–H and O–H groups in total. The molecule has 0 aliphatic heterocycles. The average molecular weight is 396 g/mol. The van der Waals surface area contributed by atoms with E-state index < -0.39 is 16.5 Å². The quantitative estimate of drug-likeness (QED) is 0.440. The fraction of sp³-hybridized carbons (Fsp3) is 0.0769. The lowest BCUT2D eigenvalue weighted by Gasteiger charge is -2.13. The van der Waals surface area contributed by atoms with Crippen molar-refractivity contribution in [1.29, 1.82) is 0 Å². The molecule has 2 aromatic rings. The number of hydrogen-bond acceptors (Lipinski definition) is 0. The molecule has 0 heterocycles. The van der Waals surface area contributed by atoms with Crippen molar-refractivity contribution in [3.05, 3.63) is 68.7 Å². The van der Waals surface area contributed by atoms with Gasteiger partial charge in [-0.3, -0.25) is 0 Å². The molecule has 5 heteroatoms. The van der Waals surface area contributed by atoms with Gasteiger partial charge in [-0.1, -0.05) is 45.7 Å². The van der Waals surface area contributed by atoms with Crippen molar-refractivity contribution in [2.24, 2.45) is 0 Å². The monoisotopic (exact) mass is 394 g/mol. The molecule has 0 saturated heterocycles. The van der Waals surface area contributed by atoms with Crippen molar-refractivity contribution in [3.63, 3.8) is 0 Å². The van der Waals surface area contributed by atoms with Crippen LogP contribution in [-0.4, -0.2) is 0 Å². The number of halogens is 5. The fourth-order valence-corrected chi connectivity index (χ4v) is 2.79. The predicted octanol–water partition coefficient (Wildman–Crippen LogP) is 5.87. The van der Waals surface area contributed by atoms with E-state index in [4.69, 9.17) is 11.6 Å². The van der Waals surface area contributed by atoms with Crippen LogP contribution in [0, 0.1) is 11.6 Å². The summed E-state index contributed by atoms with van der Waals surface area (Å²) >= 11 is 12.4. The van der Waals surface area contributed by atoms with Crippen LogP contribution in [0.15, 0.2) is 40.9 Å². The molecular formula is C13H7Br2ClF2. The molecule has 2 rings (SSSR count). The Hall–Kier alpha value is -0.450. The maximum Gasteiger partial charge on any atom is 0.129 e. The maximum absolute atomic E-state index is 13.9. The van der Waals surface area contributed by atoms with Gasteiger partial charge in [0.15, 0.2) is 0 Å². The molecule has 0 radical (unpaired) electrons. The second-order valence-corrected chi connectivity index (χ2v) is 5.85. The van der Waals surface area contributed by atoms with Crippen LogP contribution in [0.3, 0.4) is 0 Å². The normalized spacial score (nSPS) is 12.5. The first kappa shape index (κ1) is 14.0. The number of rotatable bonds is 2. The fourth-order valence-electron chi connectivity index (χ4n) is 1.58. The third-order valence-electron chi connectivity index (χ3n) is 2.49. The first-order valence-electron chi connectivity index (χ1n) is 5.03. The lowest BCUT2D eigenvalue weighted by molar-refractivity contribution is 0.598. The highest BCUT2D eigenvalue weighted by Gasteiger charge is 2.19. The van der Waals surface area contributed by atoms with E-state index in [2.05, 4.69) is 31.9 Å². The molecule has 0 aromatic heterocycles. The zero-order valence-corrected chi connectivity index (χ0v) is 12.9. The minimum atomic E-state index is -0.579. The molecule has 0 saturated carbocycles. The van der Waals surface area contributed by atoms with Gasteiger partial charge in [0.25, 0.3) is 0 Å². The van der Waals surface area contributed by atoms with Gasteiger partial charge in [-0.25, -0.2) is 8.78 Å². The molecule has 2 aromatic carbocycles. The molecular weight excluding hydrogens is 389 g/mol. The van der Waals surface area contributed by atoms with E-state index >= 15 is 0 Å². The summed E-state index contributed by atoms with van der Waals surface area (Å²) in [6, 6.07) is 8.97. The molecule has 0 spiro atoms. The van der Waals surface area contributed by atoms with Gasteiger partial charge < -0.3 is 0 Å². The zero-order valence-electron chi connectivity index (χ0n) is 8.93. The highest BCUT2D eigenvalue weighted by molar-refractivity contribution is 9.10. The first-order chi connectivity index (χ1) is 8.50. The van der Waals surface area contributed by atoms with E-state index in [0.29, 0.717) is 20.6 Å². The highest BCUT2D eigenvalue weighted by atomic mass is 79.9. The van der Waals surface area contributed by atoms with Crippen molar-refractivity contribution in [3.8, 4) is 0 Å². The Kier molecular flexibility index (Phi) is 4.41. The second kappa shape index (κ2) is 5.68. The second-order valence-electron chi connectivity index (χ2n) is 3.67. The summed E-state index contributed by atoms with van der Waals surface area (Å²) < 4.78 is 28.0. The third kappa shape index (κ3) is 2.76. The summed E-state index contributed by atoms with van der Waals surface area (Å²) in [4.78, 5) is -0.579. The summed E-state index contributed by atoms with van der Waals surface area (Å²) in [6.45, 7) is 0. The SMILES string of the molecule is Fc1ccccc1C(Br)c1cc(Cl)c(Br)cc1F. The first-order valence-corrected chi connectivity index (χ1v) is 7.12. The third-order valence-corrected chi connectivity index (χ3v) is 4.67. The van der Waals surface area contributed by atoms with Gasteiger partial charge in [0.05, 0.1) is 9.85 Å². The van der Waals surface area contributed by atoms with Crippen molar-refractivity contribution in [2.75, 3.05) is 0 Å². The van der Waals surface area contributed by atoms with Crippen LogP contribution in [-0.2, 0) is 0 Å². The molecule has 0 fully saturated rings. The van der Waals surface area contributed by atoms with E-state index in [1.165, 1.54) is 18.2 Å². The van der Waals surface area contributed by atoms with Gasteiger partial charge in [0.2, 0.25) is 0 Å². The Morgan fingerprint density at radius 2 is 1.67 bits per heavy atom. The molecule has 0 bridgehead atoms. The zero-order chi connectivity index (χ0) is 13.3. The van der Waals surface area contributed by atoms with Crippen LogP contribution in [0.5, 0.6) is 0 Å². The largest absolute Gasteiger partial charge is 0.207 e. The maximum atomic E-state index is 13.9. The molecule has 0 aliphatic carbocycles. The topological polar surface area (TPSA) is 0 Å². The molecule has 0 aliphatic rings. The molecule has 94 valence electrons. The van der Waals surface area contributed by atoms with Crippen LogP contribution >= 0.6 is 43.5 Å². The number of benzene rings is 2. The predicted molar refractivity (Wildman–Crippen MR) is 76.3 cm³/mol. The molecule has 0 amide bonds. The Balaban J connectivity index is 2.50. The number of alkyl halides is 1. The Labute approximate surface area is 125 Å². The highest BCUT2D eigenvalue weighted by Crippen LogP contribution is 2.37. The van der Waals surface area contributed by atoms with Gasteiger partial charge in [-0.15, -0.1) is 0 Å². The van der Waals surface area contributed by atoms with Crippen molar-refractivity contribution < 1.29 is 8.78 Å². The summed E-state index contributed by atoms with van der Waals surface area (Å²) in [5.41, 5.74) is 0.670. The van der Waals surface area contributed by atoms with E-state index in [9.17, 15) is 8.78 Å². The summed E-state index contributed by atoms with van der Waals surface area (Å²) in [5.74, 6) is -0.839. The lowest BCUT2D eigenvalue weighted by atomic mass is 10.0. The van der Waals surface area contributed by atoms with E-state index in [1.807, 2.05) is 0 Å². The van der Waals surface area contributed by atoms with Crippen molar-refractivity contribution in [2.45, 2.75) is 4.83 Å². The molecule has 1 unspecified atom stereocenters. The van der Waals surface area contributed by atoms with Crippen LogP contribution in [0.25, 0.3) is 0 Å². The average Bonchev–Trinajstić information content (AvgIpc) is 2.33. The Morgan fingerprint density at radius 3 is 2.33 bits per heavy atom. The summed E-state index contributed by atoms with van der Waals surface area (Å²) in [7, 11) is 0. The Bertz CT molecular complexity index is 587. The van der Waals surface area contributed by atoms with Crippen LogP contribution in [0.1, 0.15) is 16.0 Å². The van der Waals surface area contributed by atoms with Crippen molar-refractivity contribution >= 4 is 43.5 Å². The van der Waals surface area contributed by atoms with Crippen LogP contribution in [0.2, 0.25) is 5.02 Å². The molecule has 0 nitrogen and oxygen atoms in total. The molecule has 18 heavy (non-hydrogen) atoms. The number of hydrogen-bond donors (Lipinski definition) is 0. The van der Waals surface area contributed by atoms with Crippen molar-refractivity contribution in [1.82, 2.24) is 0 Å². The van der Waals surface area contributed by atoms with Crippen LogP contribution < -0.4 is 0 Å². The summed E-state index contributed by atoms with van der Waals surface area (Å²) in [6.07, 6.45) is 0. The smallest absolute Gasteiger partial charge is 0.129 e. The minimum Gasteiger partial charge on any atom is -0.207 e. The van der Waals surface area contributed by atoms with Gasteiger partial charge in [0.1, 0.15) is 11.6 Å².